The highest BCUT2D eigenvalue weighted by molar-refractivity contribution is 9.10. The monoisotopic (exact) mass is 358 g/mol. The zero-order chi connectivity index (χ0) is 14.7. The van der Waals surface area contributed by atoms with Gasteiger partial charge in [-0.05, 0) is 48.0 Å². The average molecular weight is 359 g/mol. The number of aryl methyl sites for hydroxylation is 1. The Kier molecular flexibility index (Phi) is 4.72. The van der Waals surface area contributed by atoms with Crippen LogP contribution in [0.5, 0.6) is 0 Å². The molecule has 1 N–H and O–H groups in total. The Hall–Kier alpha value is -1.47. The summed E-state index contributed by atoms with van der Waals surface area (Å²) in [5, 5.41) is 3.60. The first-order valence-electron chi connectivity index (χ1n) is 5.88. The van der Waals surface area contributed by atoms with Crippen molar-refractivity contribution in [1.29, 1.82) is 0 Å². The van der Waals surface area contributed by atoms with Gasteiger partial charge in [-0.2, -0.15) is 0 Å². The molecule has 2 rings (SSSR count). The minimum absolute atomic E-state index is 0.303. The van der Waals surface area contributed by atoms with Gasteiger partial charge in [0.2, 0.25) is 0 Å². The number of nitrogens with zero attached hydrogens (tertiary/aromatic N) is 1. The van der Waals surface area contributed by atoms with E-state index in [-0.39, 0.29) is 5.82 Å². The maximum atomic E-state index is 13.0. The summed E-state index contributed by atoms with van der Waals surface area (Å²) in [4.78, 5) is 16.7. The Balaban J connectivity index is 2.22. The Morgan fingerprint density at radius 1 is 1.55 bits per heavy atom. The van der Waals surface area contributed by atoms with Crippen LogP contribution < -0.4 is 5.32 Å². The molecule has 0 fully saturated rings. The van der Waals surface area contributed by atoms with Crippen molar-refractivity contribution >= 4 is 44.1 Å². The van der Waals surface area contributed by atoms with Crippen LogP contribution >= 0.6 is 27.3 Å². The van der Waals surface area contributed by atoms with Crippen LogP contribution in [0.2, 0.25) is 0 Å². The molecular formula is C13H12BrFN2O2S. The smallest absolute Gasteiger partial charge is 0.358 e. The summed E-state index contributed by atoms with van der Waals surface area (Å²) < 4.78 is 18.5. The van der Waals surface area contributed by atoms with Gasteiger partial charge in [0.05, 0.1) is 12.3 Å². The average Bonchev–Trinajstić information content (AvgIpc) is 2.74. The van der Waals surface area contributed by atoms with Gasteiger partial charge in [0, 0.05) is 9.35 Å². The normalized spacial score (nSPS) is 10.4. The molecule has 2 aromatic rings. The summed E-state index contributed by atoms with van der Waals surface area (Å²) in [6.07, 6.45) is 0. The van der Waals surface area contributed by atoms with E-state index in [1.165, 1.54) is 23.5 Å². The third kappa shape index (κ3) is 3.34. The number of anilines is 2. The predicted octanol–water partition coefficient (Wildman–Crippen LogP) is 4.27. The third-order valence-corrected chi connectivity index (χ3v) is 3.98. The SMILES string of the molecule is CCOC(=O)c1nc(Nc2ccc(F)cc2Br)sc1C. The second kappa shape index (κ2) is 6.32. The van der Waals surface area contributed by atoms with Crippen LogP contribution in [0.15, 0.2) is 22.7 Å². The van der Waals surface area contributed by atoms with E-state index in [2.05, 4.69) is 26.2 Å². The molecule has 0 aliphatic heterocycles. The second-order valence-electron chi connectivity index (χ2n) is 3.89. The van der Waals surface area contributed by atoms with Gasteiger partial charge in [-0.1, -0.05) is 0 Å². The number of esters is 1. The molecule has 0 bridgehead atoms. The molecule has 1 heterocycles. The standard InChI is InChI=1S/C13H12BrFN2O2S/c1-3-19-12(18)11-7(2)20-13(17-11)16-10-5-4-8(15)6-9(10)14/h4-6H,3H2,1-2H3,(H,16,17). The lowest BCUT2D eigenvalue weighted by Crippen LogP contribution is -2.06. The van der Waals surface area contributed by atoms with Gasteiger partial charge in [0.1, 0.15) is 5.82 Å². The highest BCUT2D eigenvalue weighted by Crippen LogP contribution is 2.30. The number of carbonyl (C=O) groups is 1. The predicted molar refractivity (Wildman–Crippen MR) is 80.2 cm³/mol. The molecule has 106 valence electrons. The first-order valence-corrected chi connectivity index (χ1v) is 7.48. The largest absolute Gasteiger partial charge is 0.461 e. The molecule has 0 atom stereocenters. The Bertz CT molecular complexity index is 645. The lowest BCUT2D eigenvalue weighted by atomic mass is 10.3. The van der Waals surface area contributed by atoms with E-state index in [1.54, 1.807) is 19.9 Å². The van der Waals surface area contributed by atoms with E-state index >= 15 is 0 Å². The lowest BCUT2D eigenvalue weighted by molar-refractivity contribution is 0.0519. The van der Waals surface area contributed by atoms with Crippen molar-refractivity contribution in [3.63, 3.8) is 0 Å². The summed E-state index contributed by atoms with van der Waals surface area (Å²) in [6, 6.07) is 4.30. The number of benzene rings is 1. The fourth-order valence-electron chi connectivity index (χ4n) is 1.54. The molecule has 0 unspecified atom stereocenters. The number of aromatic nitrogens is 1. The summed E-state index contributed by atoms with van der Waals surface area (Å²) in [5.41, 5.74) is 0.980. The molecule has 1 aromatic heterocycles. The molecule has 0 spiro atoms. The zero-order valence-corrected chi connectivity index (χ0v) is 13.3. The highest BCUT2D eigenvalue weighted by atomic mass is 79.9. The Morgan fingerprint density at radius 3 is 2.95 bits per heavy atom. The fraction of sp³-hybridized carbons (Fsp3) is 0.231. The van der Waals surface area contributed by atoms with Crippen molar-refractivity contribution < 1.29 is 13.9 Å². The summed E-state index contributed by atoms with van der Waals surface area (Å²) in [6.45, 7) is 3.85. The van der Waals surface area contributed by atoms with E-state index in [4.69, 9.17) is 4.74 Å². The van der Waals surface area contributed by atoms with E-state index in [0.717, 1.165) is 4.88 Å². The number of hydrogen-bond acceptors (Lipinski definition) is 5. The van der Waals surface area contributed by atoms with Gasteiger partial charge in [-0.15, -0.1) is 11.3 Å². The molecule has 0 aliphatic rings. The maximum absolute atomic E-state index is 13.0. The number of hydrogen-bond donors (Lipinski definition) is 1. The molecule has 0 saturated heterocycles. The van der Waals surface area contributed by atoms with Gasteiger partial charge in [0.15, 0.2) is 10.8 Å². The molecule has 7 heteroatoms. The second-order valence-corrected chi connectivity index (χ2v) is 5.95. The number of carbonyl (C=O) groups excluding carboxylic acids is 1. The third-order valence-electron chi connectivity index (χ3n) is 2.44. The lowest BCUT2D eigenvalue weighted by Gasteiger charge is -2.04. The van der Waals surface area contributed by atoms with Crippen molar-refractivity contribution in [2.24, 2.45) is 0 Å². The number of halogens is 2. The van der Waals surface area contributed by atoms with Crippen LogP contribution in [0.3, 0.4) is 0 Å². The highest BCUT2D eigenvalue weighted by Gasteiger charge is 2.16. The number of thiazole rings is 1. The van der Waals surface area contributed by atoms with Crippen molar-refractivity contribution in [3.05, 3.63) is 39.1 Å². The molecule has 20 heavy (non-hydrogen) atoms. The quantitative estimate of drug-likeness (QED) is 0.829. The van der Waals surface area contributed by atoms with Gasteiger partial charge in [-0.25, -0.2) is 14.2 Å². The zero-order valence-electron chi connectivity index (χ0n) is 10.9. The number of nitrogens with one attached hydrogen (secondary N) is 1. The first-order chi connectivity index (χ1) is 9.51. The molecule has 1 aromatic carbocycles. The fourth-order valence-corrected chi connectivity index (χ4v) is 2.81. The van der Waals surface area contributed by atoms with Crippen molar-refractivity contribution in [3.8, 4) is 0 Å². The minimum Gasteiger partial charge on any atom is -0.461 e. The molecular weight excluding hydrogens is 347 g/mol. The van der Waals surface area contributed by atoms with Gasteiger partial charge in [0.25, 0.3) is 0 Å². The van der Waals surface area contributed by atoms with E-state index in [9.17, 15) is 9.18 Å². The molecule has 0 amide bonds. The number of rotatable bonds is 4. The van der Waals surface area contributed by atoms with Crippen LogP contribution in [-0.4, -0.2) is 17.6 Å². The Labute approximate surface area is 128 Å². The van der Waals surface area contributed by atoms with E-state index in [1.807, 2.05) is 0 Å². The molecule has 0 saturated carbocycles. The summed E-state index contributed by atoms with van der Waals surface area (Å²) in [7, 11) is 0. The van der Waals surface area contributed by atoms with Crippen molar-refractivity contribution in [2.75, 3.05) is 11.9 Å². The van der Waals surface area contributed by atoms with E-state index in [0.29, 0.717) is 27.6 Å². The van der Waals surface area contributed by atoms with Crippen LogP contribution in [0.4, 0.5) is 15.2 Å². The van der Waals surface area contributed by atoms with Crippen LogP contribution in [0.1, 0.15) is 22.3 Å². The van der Waals surface area contributed by atoms with Crippen LogP contribution in [-0.2, 0) is 4.74 Å². The van der Waals surface area contributed by atoms with Crippen LogP contribution in [0.25, 0.3) is 0 Å². The first kappa shape index (κ1) is 14.9. The van der Waals surface area contributed by atoms with Gasteiger partial charge >= 0.3 is 5.97 Å². The van der Waals surface area contributed by atoms with Gasteiger partial charge < -0.3 is 10.1 Å². The number of ether oxygens (including phenoxy) is 1. The van der Waals surface area contributed by atoms with Crippen LogP contribution in [0, 0.1) is 12.7 Å². The Morgan fingerprint density at radius 2 is 2.30 bits per heavy atom. The topological polar surface area (TPSA) is 51.2 Å². The van der Waals surface area contributed by atoms with Gasteiger partial charge in [-0.3, -0.25) is 0 Å². The summed E-state index contributed by atoms with van der Waals surface area (Å²) in [5.74, 6) is -0.766. The molecule has 4 nitrogen and oxygen atoms in total. The van der Waals surface area contributed by atoms with Crippen molar-refractivity contribution in [2.45, 2.75) is 13.8 Å². The molecule has 0 aliphatic carbocycles. The minimum atomic E-state index is -0.438. The van der Waals surface area contributed by atoms with E-state index < -0.39 is 5.97 Å². The molecule has 0 radical (unpaired) electrons. The summed E-state index contributed by atoms with van der Waals surface area (Å²) >= 11 is 4.61. The van der Waals surface area contributed by atoms with Crippen molar-refractivity contribution in [1.82, 2.24) is 4.98 Å². The maximum Gasteiger partial charge on any atom is 0.358 e.